The van der Waals surface area contributed by atoms with Gasteiger partial charge in [-0.15, -0.1) is 11.3 Å². The van der Waals surface area contributed by atoms with E-state index in [-0.39, 0.29) is 5.91 Å². The number of carbonyl (C=O) groups is 1. The molecule has 0 bridgehead atoms. The number of hydrogen-bond acceptors (Lipinski definition) is 2. The maximum absolute atomic E-state index is 11.6. The molecule has 2 nitrogen and oxygen atoms in total. The fourth-order valence-corrected chi connectivity index (χ4v) is 3.16. The number of amides is 1. The largest absolute Gasteiger partial charge is 0.351 e. The summed E-state index contributed by atoms with van der Waals surface area (Å²) in [6, 6.07) is 3.72. The fourth-order valence-electron chi connectivity index (χ4n) is 1.08. The van der Waals surface area contributed by atoms with Gasteiger partial charge in [-0.2, -0.15) is 0 Å². The highest BCUT2D eigenvalue weighted by Crippen LogP contribution is 2.21. The molecule has 0 saturated carbocycles. The Hall–Kier alpha value is 0.130. The molecule has 0 aliphatic carbocycles. The Morgan fingerprint density at radius 1 is 1.60 bits per heavy atom. The van der Waals surface area contributed by atoms with Gasteiger partial charge in [0.1, 0.15) is 0 Å². The van der Waals surface area contributed by atoms with Gasteiger partial charge in [0.25, 0.3) is 5.91 Å². The van der Waals surface area contributed by atoms with Crippen LogP contribution in [0.3, 0.4) is 0 Å². The molecule has 0 saturated heterocycles. The van der Waals surface area contributed by atoms with Gasteiger partial charge in [0.05, 0.1) is 8.66 Å². The predicted octanol–water partition coefficient (Wildman–Crippen LogP) is 3.66. The predicted molar refractivity (Wildman–Crippen MR) is 71.9 cm³/mol. The van der Waals surface area contributed by atoms with E-state index < -0.39 is 0 Å². The summed E-state index contributed by atoms with van der Waals surface area (Å²) in [7, 11) is 0. The molecule has 1 rings (SSSR count). The van der Waals surface area contributed by atoms with Crippen LogP contribution in [0.25, 0.3) is 0 Å². The second kappa shape index (κ2) is 6.66. The normalized spacial score (nSPS) is 12.5. The number of hydrogen-bond donors (Lipinski definition) is 1. The van der Waals surface area contributed by atoms with Gasteiger partial charge in [-0.25, -0.2) is 0 Å². The molecule has 1 aromatic heterocycles. The van der Waals surface area contributed by atoms with Crippen molar-refractivity contribution in [3.8, 4) is 0 Å². The third-order valence-electron chi connectivity index (χ3n) is 2.01. The zero-order chi connectivity index (χ0) is 11.3. The first kappa shape index (κ1) is 13.2. The van der Waals surface area contributed by atoms with Crippen molar-refractivity contribution in [3.05, 3.63) is 20.8 Å². The van der Waals surface area contributed by atoms with Crippen LogP contribution in [0.5, 0.6) is 0 Å². The molecular formula is C10H13Br2NOS. The van der Waals surface area contributed by atoms with E-state index in [1.54, 1.807) is 0 Å². The number of thiophene rings is 1. The van der Waals surface area contributed by atoms with E-state index >= 15 is 0 Å². The lowest BCUT2D eigenvalue weighted by atomic mass is 10.1. The highest BCUT2D eigenvalue weighted by Gasteiger charge is 2.09. The summed E-state index contributed by atoms with van der Waals surface area (Å²) in [6.45, 7) is 2.87. The first-order valence-corrected chi connectivity index (χ1v) is 7.46. The molecule has 1 unspecified atom stereocenters. The lowest BCUT2D eigenvalue weighted by Gasteiger charge is -2.09. The fraction of sp³-hybridized carbons (Fsp3) is 0.500. The van der Waals surface area contributed by atoms with Gasteiger partial charge in [0, 0.05) is 11.9 Å². The number of halogens is 2. The van der Waals surface area contributed by atoms with Crippen LogP contribution in [0.4, 0.5) is 0 Å². The lowest BCUT2D eigenvalue weighted by Crippen LogP contribution is -2.27. The van der Waals surface area contributed by atoms with Crippen LogP contribution in [0.2, 0.25) is 0 Å². The average Bonchev–Trinajstić information content (AvgIpc) is 2.62. The smallest absolute Gasteiger partial charge is 0.261 e. The first-order chi connectivity index (χ1) is 7.13. The van der Waals surface area contributed by atoms with E-state index in [1.165, 1.54) is 11.3 Å². The first-order valence-electron chi connectivity index (χ1n) is 4.73. The minimum absolute atomic E-state index is 0.0205. The molecule has 15 heavy (non-hydrogen) atoms. The van der Waals surface area contributed by atoms with E-state index in [1.807, 2.05) is 12.1 Å². The van der Waals surface area contributed by atoms with Crippen LogP contribution >= 0.6 is 43.2 Å². The number of alkyl halides is 1. The molecule has 1 atom stereocenters. The van der Waals surface area contributed by atoms with Gasteiger partial charge in [-0.05, 0) is 40.4 Å². The van der Waals surface area contributed by atoms with Crippen molar-refractivity contribution in [2.24, 2.45) is 5.92 Å². The van der Waals surface area contributed by atoms with Crippen LogP contribution in [0.15, 0.2) is 15.9 Å². The Morgan fingerprint density at radius 2 is 2.33 bits per heavy atom. The van der Waals surface area contributed by atoms with Crippen molar-refractivity contribution < 1.29 is 4.79 Å². The Labute approximate surface area is 111 Å². The van der Waals surface area contributed by atoms with Gasteiger partial charge in [0.2, 0.25) is 0 Å². The number of carbonyl (C=O) groups excluding carboxylic acids is 1. The Bertz CT molecular complexity index is 327. The van der Waals surface area contributed by atoms with Crippen molar-refractivity contribution in [3.63, 3.8) is 0 Å². The molecule has 0 spiro atoms. The van der Waals surface area contributed by atoms with E-state index in [0.717, 1.165) is 27.0 Å². The summed E-state index contributed by atoms with van der Waals surface area (Å²) in [4.78, 5) is 12.4. The highest BCUT2D eigenvalue weighted by atomic mass is 79.9. The quantitative estimate of drug-likeness (QED) is 0.803. The second-order valence-electron chi connectivity index (χ2n) is 3.40. The molecule has 1 heterocycles. The second-order valence-corrected chi connectivity index (χ2v) is 6.65. The summed E-state index contributed by atoms with van der Waals surface area (Å²) in [5.41, 5.74) is 0. The number of nitrogens with one attached hydrogen (secondary N) is 1. The van der Waals surface area contributed by atoms with E-state index in [9.17, 15) is 4.79 Å². The van der Waals surface area contributed by atoms with Gasteiger partial charge < -0.3 is 5.32 Å². The van der Waals surface area contributed by atoms with E-state index in [4.69, 9.17) is 0 Å². The molecule has 0 aliphatic heterocycles. The summed E-state index contributed by atoms with van der Waals surface area (Å²) < 4.78 is 0.987. The van der Waals surface area contributed by atoms with Crippen LogP contribution in [-0.4, -0.2) is 17.8 Å². The van der Waals surface area contributed by atoms with Crippen LogP contribution in [0.1, 0.15) is 23.0 Å². The van der Waals surface area contributed by atoms with Crippen molar-refractivity contribution in [2.75, 3.05) is 11.9 Å². The summed E-state index contributed by atoms with van der Waals surface area (Å²) in [5.74, 6) is 0.531. The zero-order valence-electron chi connectivity index (χ0n) is 8.43. The summed E-state index contributed by atoms with van der Waals surface area (Å²) in [6.07, 6.45) is 1.08. The molecule has 1 N–H and O–H groups in total. The van der Waals surface area contributed by atoms with E-state index in [2.05, 4.69) is 44.1 Å². The molecule has 0 aromatic carbocycles. The van der Waals surface area contributed by atoms with Gasteiger partial charge in [-0.1, -0.05) is 22.9 Å². The molecule has 5 heteroatoms. The Morgan fingerprint density at radius 3 is 2.87 bits per heavy atom. The monoisotopic (exact) mass is 353 g/mol. The molecule has 0 aliphatic rings. The molecule has 1 aromatic rings. The highest BCUT2D eigenvalue weighted by molar-refractivity contribution is 9.11. The third kappa shape index (κ3) is 4.66. The van der Waals surface area contributed by atoms with Crippen LogP contribution in [-0.2, 0) is 0 Å². The topological polar surface area (TPSA) is 29.1 Å². The summed E-state index contributed by atoms with van der Waals surface area (Å²) >= 11 is 8.18. The Balaban J connectivity index is 2.36. The van der Waals surface area contributed by atoms with Gasteiger partial charge in [0.15, 0.2) is 0 Å². The standard InChI is InChI=1S/C10H13Br2NOS/c1-7(4-5-11)6-13-10(14)8-2-3-9(12)15-8/h2-3,7H,4-6H2,1H3,(H,13,14). The van der Waals surface area contributed by atoms with E-state index in [0.29, 0.717) is 5.92 Å². The van der Waals surface area contributed by atoms with Gasteiger partial charge in [-0.3, -0.25) is 4.79 Å². The molecule has 84 valence electrons. The Kier molecular flexibility index (Phi) is 5.86. The zero-order valence-corrected chi connectivity index (χ0v) is 12.4. The number of rotatable bonds is 5. The van der Waals surface area contributed by atoms with Crippen LogP contribution < -0.4 is 5.32 Å². The minimum atomic E-state index is 0.0205. The third-order valence-corrected chi connectivity index (χ3v) is 4.09. The lowest BCUT2D eigenvalue weighted by molar-refractivity contribution is 0.0952. The van der Waals surface area contributed by atoms with Crippen molar-refractivity contribution >= 4 is 49.1 Å². The summed E-state index contributed by atoms with van der Waals surface area (Å²) in [5, 5.41) is 3.91. The maximum Gasteiger partial charge on any atom is 0.261 e. The molecular weight excluding hydrogens is 342 g/mol. The SMILES string of the molecule is CC(CCBr)CNC(=O)c1ccc(Br)s1. The van der Waals surface area contributed by atoms with Gasteiger partial charge >= 0.3 is 0 Å². The van der Waals surface area contributed by atoms with Crippen LogP contribution in [0, 0.1) is 5.92 Å². The molecule has 0 radical (unpaired) electrons. The van der Waals surface area contributed by atoms with Crippen molar-refractivity contribution in [1.82, 2.24) is 5.32 Å². The molecule has 1 amide bonds. The van der Waals surface area contributed by atoms with Crippen molar-refractivity contribution in [2.45, 2.75) is 13.3 Å². The molecule has 0 fully saturated rings. The van der Waals surface area contributed by atoms with Crippen molar-refractivity contribution in [1.29, 1.82) is 0 Å². The maximum atomic E-state index is 11.6. The average molecular weight is 355 g/mol. The minimum Gasteiger partial charge on any atom is -0.351 e.